The molecule has 1 aliphatic rings. The maximum absolute atomic E-state index is 12.2. The minimum Gasteiger partial charge on any atom is -0.488 e. The molecule has 0 saturated carbocycles. The number of nitrogens with two attached hydrogens (primary N) is 1. The van der Waals surface area contributed by atoms with E-state index in [1.54, 1.807) is 18.2 Å². The van der Waals surface area contributed by atoms with Crippen LogP contribution in [0.1, 0.15) is 12.8 Å². The summed E-state index contributed by atoms with van der Waals surface area (Å²) >= 11 is 6.07. The van der Waals surface area contributed by atoms with Gasteiger partial charge in [0.15, 0.2) is 5.82 Å². The number of nitrogen functional groups attached to an aromatic ring is 1. The molecule has 4 N–H and O–H groups in total. The highest BCUT2D eigenvalue weighted by Gasteiger charge is 2.20. The molecule has 0 atom stereocenters. The van der Waals surface area contributed by atoms with Gasteiger partial charge in [-0.1, -0.05) is 11.6 Å². The standard InChI is InChI=1S/C17H21ClN6O2/c1-24-6-4-12(5-7-24)26-14-3-2-11(18)8-13(14)22-17(25)23-16-10-20-15(19)9-21-16/h2-3,8-10,12H,4-7H2,1H3,(H2,19,20)(H2,21,22,23,25). The van der Waals surface area contributed by atoms with Crippen LogP contribution in [0.5, 0.6) is 5.75 Å². The van der Waals surface area contributed by atoms with Crippen molar-refractivity contribution in [3.8, 4) is 5.75 Å². The predicted octanol–water partition coefficient (Wildman–Crippen LogP) is 2.83. The first-order chi connectivity index (χ1) is 12.5. The molecule has 0 radical (unpaired) electrons. The third kappa shape index (κ3) is 4.96. The summed E-state index contributed by atoms with van der Waals surface area (Å²) < 4.78 is 6.08. The first-order valence-electron chi connectivity index (χ1n) is 8.30. The molecule has 1 aromatic heterocycles. The highest BCUT2D eigenvalue weighted by Crippen LogP contribution is 2.30. The first-order valence-corrected chi connectivity index (χ1v) is 8.67. The summed E-state index contributed by atoms with van der Waals surface area (Å²) in [5, 5.41) is 5.84. The number of carbonyl (C=O) groups is 1. The average Bonchev–Trinajstić information content (AvgIpc) is 2.61. The van der Waals surface area contributed by atoms with Crippen molar-refractivity contribution in [3.05, 3.63) is 35.6 Å². The van der Waals surface area contributed by atoms with Crippen LogP contribution in [0.3, 0.4) is 0 Å². The van der Waals surface area contributed by atoms with Crippen molar-refractivity contribution >= 4 is 35.0 Å². The molecule has 2 amide bonds. The van der Waals surface area contributed by atoms with Crippen LogP contribution in [0.4, 0.5) is 22.1 Å². The fourth-order valence-corrected chi connectivity index (χ4v) is 2.83. The molecule has 26 heavy (non-hydrogen) atoms. The predicted molar refractivity (Wildman–Crippen MR) is 102 cm³/mol. The van der Waals surface area contributed by atoms with Gasteiger partial charge in [0, 0.05) is 18.1 Å². The van der Waals surface area contributed by atoms with Gasteiger partial charge >= 0.3 is 6.03 Å². The number of halogens is 1. The lowest BCUT2D eigenvalue weighted by Crippen LogP contribution is -2.35. The number of carbonyl (C=O) groups excluding carboxylic acids is 1. The molecule has 138 valence electrons. The summed E-state index contributed by atoms with van der Waals surface area (Å²) in [6.07, 6.45) is 4.73. The summed E-state index contributed by atoms with van der Waals surface area (Å²) in [5.74, 6) is 1.15. The zero-order valence-corrected chi connectivity index (χ0v) is 15.2. The lowest BCUT2D eigenvalue weighted by Gasteiger charge is -2.30. The Morgan fingerprint density at radius 3 is 2.73 bits per heavy atom. The molecule has 1 saturated heterocycles. The maximum atomic E-state index is 12.2. The lowest BCUT2D eigenvalue weighted by atomic mass is 10.1. The van der Waals surface area contributed by atoms with Crippen LogP contribution in [0.25, 0.3) is 0 Å². The molecule has 0 spiro atoms. The number of piperidine rings is 1. The number of hydrogen-bond donors (Lipinski definition) is 3. The third-order valence-corrected chi connectivity index (χ3v) is 4.30. The average molecular weight is 377 g/mol. The van der Waals surface area contributed by atoms with E-state index in [4.69, 9.17) is 22.1 Å². The quantitative estimate of drug-likeness (QED) is 0.757. The fraction of sp³-hybridized carbons (Fsp3) is 0.353. The Balaban J connectivity index is 1.67. The smallest absolute Gasteiger partial charge is 0.325 e. The number of rotatable bonds is 4. The summed E-state index contributed by atoms with van der Waals surface area (Å²) in [6.45, 7) is 1.97. The van der Waals surface area contributed by atoms with Gasteiger partial charge in [-0.25, -0.2) is 14.8 Å². The second kappa shape index (κ2) is 8.20. The fourth-order valence-electron chi connectivity index (χ4n) is 2.66. The molecule has 1 aliphatic heterocycles. The van der Waals surface area contributed by atoms with Crippen molar-refractivity contribution in [2.45, 2.75) is 18.9 Å². The van der Waals surface area contributed by atoms with Crippen LogP contribution in [0.15, 0.2) is 30.6 Å². The number of anilines is 3. The largest absolute Gasteiger partial charge is 0.488 e. The molecular formula is C17H21ClN6O2. The van der Waals surface area contributed by atoms with Crippen LogP contribution >= 0.6 is 11.6 Å². The van der Waals surface area contributed by atoms with E-state index in [-0.39, 0.29) is 17.7 Å². The zero-order valence-electron chi connectivity index (χ0n) is 14.4. The van der Waals surface area contributed by atoms with E-state index in [9.17, 15) is 4.79 Å². The monoisotopic (exact) mass is 376 g/mol. The number of urea groups is 1. The van der Waals surface area contributed by atoms with E-state index in [1.807, 2.05) is 0 Å². The second-order valence-electron chi connectivity index (χ2n) is 6.17. The lowest BCUT2D eigenvalue weighted by molar-refractivity contribution is 0.115. The maximum Gasteiger partial charge on any atom is 0.325 e. The highest BCUT2D eigenvalue weighted by molar-refractivity contribution is 6.31. The molecule has 8 nitrogen and oxygen atoms in total. The number of aromatic nitrogens is 2. The van der Waals surface area contributed by atoms with Crippen LogP contribution in [-0.4, -0.2) is 47.1 Å². The minimum atomic E-state index is -0.473. The third-order valence-electron chi connectivity index (χ3n) is 4.06. The SMILES string of the molecule is CN1CCC(Oc2ccc(Cl)cc2NC(=O)Nc2cnc(N)cn2)CC1. The van der Waals surface area contributed by atoms with Crippen molar-refractivity contribution < 1.29 is 9.53 Å². The Labute approximate surface area is 156 Å². The number of benzene rings is 1. The van der Waals surface area contributed by atoms with Crippen LogP contribution in [0.2, 0.25) is 5.02 Å². The number of nitrogens with one attached hydrogen (secondary N) is 2. The highest BCUT2D eigenvalue weighted by atomic mass is 35.5. The van der Waals surface area contributed by atoms with Gasteiger partial charge in [0.25, 0.3) is 0 Å². The molecule has 0 unspecified atom stereocenters. The van der Waals surface area contributed by atoms with Gasteiger partial charge in [-0.3, -0.25) is 5.32 Å². The van der Waals surface area contributed by atoms with Gasteiger partial charge in [-0.15, -0.1) is 0 Å². The van der Waals surface area contributed by atoms with Gasteiger partial charge in [0.1, 0.15) is 17.7 Å². The van der Waals surface area contributed by atoms with Gasteiger partial charge in [-0.2, -0.15) is 0 Å². The molecule has 2 heterocycles. The summed E-state index contributed by atoms with van der Waals surface area (Å²) in [4.78, 5) is 22.4. The first kappa shape index (κ1) is 18.2. The van der Waals surface area contributed by atoms with Crippen molar-refractivity contribution in [1.29, 1.82) is 0 Å². The molecule has 9 heteroatoms. The second-order valence-corrected chi connectivity index (χ2v) is 6.60. The normalized spacial score (nSPS) is 15.5. The van der Waals surface area contributed by atoms with Gasteiger partial charge in [0.05, 0.1) is 18.1 Å². The van der Waals surface area contributed by atoms with E-state index in [0.717, 1.165) is 25.9 Å². The van der Waals surface area contributed by atoms with Crippen LogP contribution in [0, 0.1) is 0 Å². The van der Waals surface area contributed by atoms with Crippen molar-refractivity contribution in [1.82, 2.24) is 14.9 Å². The van der Waals surface area contributed by atoms with E-state index in [2.05, 4.69) is 32.5 Å². The van der Waals surface area contributed by atoms with E-state index in [0.29, 0.717) is 16.5 Å². The molecule has 0 aliphatic carbocycles. The van der Waals surface area contributed by atoms with Crippen molar-refractivity contribution in [2.24, 2.45) is 0 Å². The summed E-state index contributed by atoms with van der Waals surface area (Å²) in [6, 6.07) is 4.68. The molecular weight excluding hydrogens is 356 g/mol. The molecule has 2 aromatic rings. The number of nitrogens with zero attached hydrogens (tertiary/aromatic N) is 3. The van der Waals surface area contributed by atoms with Crippen molar-refractivity contribution in [3.63, 3.8) is 0 Å². The van der Waals surface area contributed by atoms with Gasteiger partial charge < -0.3 is 20.7 Å². The Morgan fingerprint density at radius 2 is 2.04 bits per heavy atom. The number of amides is 2. The Kier molecular flexibility index (Phi) is 5.75. The Bertz CT molecular complexity index is 762. The van der Waals surface area contributed by atoms with Crippen LogP contribution < -0.4 is 21.1 Å². The van der Waals surface area contributed by atoms with E-state index >= 15 is 0 Å². The topological polar surface area (TPSA) is 105 Å². The summed E-state index contributed by atoms with van der Waals surface area (Å²) in [7, 11) is 2.09. The number of ether oxygens (including phenoxy) is 1. The van der Waals surface area contributed by atoms with Crippen molar-refractivity contribution in [2.75, 3.05) is 36.5 Å². The number of hydrogen-bond acceptors (Lipinski definition) is 6. The number of likely N-dealkylation sites (tertiary alicyclic amines) is 1. The Hall–Kier alpha value is -2.58. The molecule has 1 aromatic carbocycles. The zero-order chi connectivity index (χ0) is 18.5. The molecule has 3 rings (SSSR count). The molecule has 1 fully saturated rings. The molecule has 0 bridgehead atoms. The van der Waals surface area contributed by atoms with Gasteiger partial charge in [0.2, 0.25) is 0 Å². The van der Waals surface area contributed by atoms with Crippen LogP contribution in [-0.2, 0) is 0 Å². The van der Waals surface area contributed by atoms with E-state index in [1.165, 1.54) is 12.4 Å². The van der Waals surface area contributed by atoms with Gasteiger partial charge in [-0.05, 0) is 38.1 Å². The summed E-state index contributed by atoms with van der Waals surface area (Å²) in [5.41, 5.74) is 5.98. The Morgan fingerprint density at radius 1 is 1.27 bits per heavy atom. The van der Waals surface area contributed by atoms with E-state index < -0.39 is 6.03 Å². The minimum absolute atomic E-state index is 0.110.